The summed E-state index contributed by atoms with van der Waals surface area (Å²) in [4.78, 5) is 10.8. The average molecular weight is 242 g/mol. The molecule has 1 aliphatic carbocycles. The van der Waals surface area contributed by atoms with Crippen molar-refractivity contribution in [3.05, 3.63) is 0 Å². The molecule has 1 atom stereocenters. The maximum absolute atomic E-state index is 10.8. The zero-order valence-corrected chi connectivity index (χ0v) is 10.7. The van der Waals surface area contributed by atoms with Gasteiger partial charge in [0.2, 0.25) is 0 Å². The lowest BCUT2D eigenvalue weighted by atomic mass is 9.89. The second-order valence-electron chi connectivity index (χ2n) is 5.30. The summed E-state index contributed by atoms with van der Waals surface area (Å²) < 4.78 is 0. The Bertz CT molecular complexity index is 204. The first kappa shape index (κ1) is 14.5. The Hall–Kier alpha value is -0.570. The van der Waals surface area contributed by atoms with Crippen LogP contribution in [0.3, 0.4) is 0 Å². The predicted octanol–water partition coefficient (Wildman–Crippen LogP) is 3.35. The normalized spacial score (nSPS) is 23.4. The van der Waals surface area contributed by atoms with E-state index in [1.165, 1.54) is 44.9 Å². The first-order valence-electron chi connectivity index (χ1n) is 7.12. The number of rotatable bonds is 2. The van der Waals surface area contributed by atoms with E-state index in [1.807, 2.05) is 0 Å². The molecule has 1 rings (SSSR count). The van der Waals surface area contributed by atoms with Crippen molar-refractivity contribution in [1.29, 1.82) is 0 Å². The maximum atomic E-state index is 10.8. The molecule has 1 fully saturated rings. The number of aliphatic hydroxyl groups excluding tert-OH is 1. The smallest absolute Gasteiger partial charge is 0.332 e. The molecule has 0 heterocycles. The molecule has 17 heavy (non-hydrogen) atoms. The van der Waals surface area contributed by atoms with E-state index in [2.05, 4.69) is 0 Å². The first-order valence-corrected chi connectivity index (χ1v) is 7.12. The number of carbonyl (C=O) groups is 1. The van der Waals surface area contributed by atoms with Gasteiger partial charge in [-0.2, -0.15) is 0 Å². The zero-order chi connectivity index (χ0) is 12.5. The van der Waals surface area contributed by atoms with Crippen LogP contribution >= 0.6 is 0 Å². The van der Waals surface area contributed by atoms with Crippen molar-refractivity contribution in [2.45, 2.75) is 76.7 Å². The van der Waals surface area contributed by atoms with Crippen LogP contribution in [-0.2, 0) is 4.79 Å². The molecule has 1 aliphatic rings. The van der Waals surface area contributed by atoms with E-state index in [0.717, 1.165) is 25.7 Å². The summed E-state index contributed by atoms with van der Waals surface area (Å²) in [6.45, 7) is 0. The SMILES string of the molecule is O=C(O)C(O)C1CCCCCCCCCCC1. The minimum Gasteiger partial charge on any atom is -0.479 e. The van der Waals surface area contributed by atoms with Crippen molar-refractivity contribution in [2.75, 3.05) is 0 Å². The summed E-state index contributed by atoms with van der Waals surface area (Å²) in [6.07, 6.45) is 11.6. The number of carboxylic acids is 1. The molecule has 0 aromatic heterocycles. The van der Waals surface area contributed by atoms with E-state index in [9.17, 15) is 9.90 Å². The van der Waals surface area contributed by atoms with Crippen LogP contribution in [0.2, 0.25) is 0 Å². The largest absolute Gasteiger partial charge is 0.479 e. The third kappa shape index (κ3) is 6.06. The van der Waals surface area contributed by atoms with Crippen LogP contribution in [0, 0.1) is 5.92 Å². The van der Waals surface area contributed by atoms with Gasteiger partial charge in [0.05, 0.1) is 0 Å². The standard InChI is InChI=1S/C14H26O3/c15-13(14(16)17)12-10-8-6-4-2-1-3-5-7-9-11-12/h12-13,15H,1-11H2,(H,16,17). The van der Waals surface area contributed by atoms with Gasteiger partial charge in [-0.1, -0.05) is 57.8 Å². The third-order valence-corrected chi connectivity index (χ3v) is 3.85. The van der Waals surface area contributed by atoms with Gasteiger partial charge in [0, 0.05) is 0 Å². The summed E-state index contributed by atoms with van der Waals surface area (Å²) in [5, 5.41) is 18.5. The molecule has 0 aliphatic heterocycles. The number of carboxylic acid groups (broad SMARTS) is 1. The maximum Gasteiger partial charge on any atom is 0.332 e. The molecule has 0 radical (unpaired) electrons. The third-order valence-electron chi connectivity index (χ3n) is 3.85. The van der Waals surface area contributed by atoms with Crippen molar-refractivity contribution >= 4 is 5.97 Å². The molecule has 0 amide bonds. The molecule has 2 N–H and O–H groups in total. The van der Waals surface area contributed by atoms with E-state index in [1.54, 1.807) is 0 Å². The molecule has 1 unspecified atom stereocenters. The minimum atomic E-state index is -1.15. The molecule has 100 valence electrons. The molecular formula is C14H26O3. The lowest BCUT2D eigenvalue weighted by molar-refractivity contribution is -0.150. The molecule has 3 nitrogen and oxygen atoms in total. The van der Waals surface area contributed by atoms with Crippen molar-refractivity contribution in [2.24, 2.45) is 5.92 Å². The molecule has 1 saturated carbocycles. The monoisotopic (exact) mass is 242 g/mol. The van der Waals surface area contributed by atoms with Crippen molar-refractivity contribution in [3.8, 4) is 0 Å². The van der Waals surface area contributed by atoms with Crippen LogP contribution in [0.4, 0.5) is 0 Å². The van der Waals surface area contributed by atoms with Crippen LogP contribution in [0.25, 0.3) is 0 Å². The number of hydrogen-bond donors (Lipinski definition) is 2. The Morgan fingerprint density at radius 3 is 1.53 bits per heavy atom. The Labute approximate surface area is 104 Å². The van der Waals surface area contributed by atoms with Crippen LogP contribution in [0.5, 0.6) is 0 Å². The number of aliphatic hydroxyl groups is 1. The summed E-state index contributed by atoms with van der Waals surface area (Å²) in [5.74, 6) is -1.09. The molecule has 3 heteroatoms. The summed E-state index contributed by atoms with van der Waals surface area (Å²) >= 11 is 0. The summed E-state index contributed by atoms with van der Waals surface area (Å²) in [7, 11) is 0. The van der Waals surface area contributed by atoms with Crippen LogP contribution in [0.15, 0.2) is 0 Å². The van der Waals surface area contributed by atoms with Crippen molar-refractivity contribution in [1.82, 2.24) is 0 Å². The number of aliphatic carboxylic acids is 1. The van der Waals surface area contributed by atoms with Gasteiger partial charge in [-0.25, -0.2) is 4.79 Å². The fraction of sp³-hybridized carbons (Fsp3) is 0.929. The van der Waals surface area contributed by atoms with Crippen LogP contribution in [0.1, 0.15) is 70.6 Å². The zero-order valence-electron chi connectivity index (χ0n) is 10.7. The fourth-order valence-corrected chi connectivity index (χ4v) is 2.71. The quantitative estimate of drug-likeness (QED) is 0.780. The topological polar surface area (TPSA) is 57.5 Å². The molecule has 0 bridgehead atoms. The molecule has 0 aromatic rings. The summed E-state index contributed by atoms with van der Waals surface area (Å²) in [6, 6.07) is 0. The van der Waals surface area contributed by atoms with Gasteiger partial charge in [-0.3, -0.25) is 0 Å². The molecule has 0 spiro atoms. The second kappa shape index (κ2) is 8.51. The van der Waals surface area contributed by atoms with E-state index >= 15 is 0 Å². The Morgan fingerprint density at radius 2 is 1.18 bits per heavy atom. The summed E-state index contributed by atoms with van der Waals surface area (Å²) in [5.41, 5.74) is 0. The minimum absolute atomic E-state index is 0.0353. The van der Waals surface area contributed by atoms with Crippen molar-refractivity contribution in [3.63, 3.8) is 0 Å². The first-order chi connectivity index (χ1) is 8.22. The van der Waals surface area contributed by atoms with Crippen LogP contribution < -0.4 is 0 Å². The molecular weight excluding hydrogens is 216 g/mol. The predicted molar refractivity (Wildman–Crippen MR) is 67.9 cm³/mol. The Kier molecular flexibility index (Phi) is 7.25. The number of hydrogen-bond acceptors (Lipinski definition) is 2. The Morgan fingerprint density at radius 1 is 0.824 bits per heavy atom. The molecule has 0 saturated heterocycles. The van der Waals surface area contributed by atoms with Gasteiger partial charge in [0.15, 0.2) is 6.10 Å². The van der Waals surface area contributed by atoms with Gasteiger partial charge >= 0.3 is 5.97 Å². The van der Waals surface area contributed by atoms with Gasteiger partial charge in [-0.05, 0) is 18.8 Å². The van der Waals surface area contributed by atoms with Gasteiger partial charge < -0.3 is 10.2 Å². The lowest BCUT2D eigenvalue weighted by Gasteiger charge is -2.20. The average Bonchev–Trinajstić information content (AvgIpc) is 2.29. The second-order valence-corrected chi connectivity index (χ2v) is 5.30. The van der Waals surface area contributed by atoms with Gasteiger partial charge in [-0.15, -0.1) is 0 Å². The molecule has 0 aromatic carbocycles. The van der Waals surface area contributed by atoms with Crippen LogP contribution in [-0.4, -0.2) is 22.3 Å². The van der Waals surface area contributed by atoms with E-state index in [0.29, 0.717) is 0 Å². The highest BCUT2D eigenvalue weighted by atomic mass is 16.4. The van der Waals surface area contributed by atoms with E-state index in [4.69, 9.17) is 5.11 Å². The highest BCUT2D eigenvalue weighted by Gasteiger charge is 2.24. The Balaban J connectivity index is 2.39. The van der Waals surface area contributed by atoms with Crippen molar-refractivity contribution < 1.29 is 15.0 Å². The van der Waals surface area contributed by atoms with Gasteiger partial charge in [0.1, 0.15) is 0 Å². The van der Waals surface area contributed by atoms with E-state index in [-0.39, 0.29) is 5.92 Å². The lowest BCUT2D eigenvalue weighted by Crippen LogP contribution is -2.29. The fourth-order valence-electron chi connectivity index (χ4n) is 2.71. The van der Waals surface area contributed by atoms with E-state index < -0.39 is 12.1 Å². The highest BCUT2D eigenvalue weighted by molar-refractivity contribution is 5.72. The van der Waals surface area contributed by atoms with Gasteiger partial charge in [0.25, 0.3) is 0 Å². The highest BCUT2D eigenvalue weighted by Crippen LogP contribution is 2.23.